The second-order valence-corrected chi connectivity index (χ2v) is 3.91. The van der Waals surface area contributed by atoms with Crippen LogP contribution in [0.1, 0.15) is 38.9 Å². The highest BCUT2D eigenvalue weighted by molar-refractivity contribution is 5.08. The lowest BCUT2D eigenvalue weighted by atomic mass is 9.93. The van der Waals surface area contributed by atoms with Crippen LogP contribution >= 0.6 is 0 Å². The lowest BCUT2D eigenvalue weighted by molar-refractivity contribution is 0.338. The molecule has 0 spiro atoms. The van der Waals surface area contributed by atoms with Gasteiger partial charge in [-0.05, 0) is 32.7 Å². The second kappa shape index (κ2) is 3.69. The van der Waals surface area contributed by atoms with Gasteiger partial charge in [-0.15, -0.1) is 10.2 Å². The van der Waals surface area contributed by atoms with Crippen LogP contribution in [0.2, 0.25) is 0 Å². The first-order chi connectivity index (χ1) is 6.82. The highest BCUT2D eigenvalue weighted by Crippen LogP contribution is 2.32. The predicted molar refractivity (Wildman–Crippen MR) is 54.9 cm³/mol. The molecule has 78 valence electrons. The van der Waals surface area contributed by atoms with Gasteiger partial charge in [-0.3, -0.25) is 0 Å². The summed E-state index contributed by atoms with van der Waals surface area (Å²) in [5.41, 5.74) is 0.0898. The molecule has 2 rings (SSSR count). The Hall–Kier alpha value is -0.900. The van der Waals surface area contributed by atoms with E-state index in [1.165, 1.54) is 12.8 Å². The first-order valence-corrected chi connectivity index (χ1v) is 5.45. The largest absolute Gasteiger partial charge is 0.316 e. The van der Waals surface area contributed by atoms with Crippen molar-refractivity contribution in [3.8, 4) is 0 Å². The summed E-state index contributed by atoms with van der Waals surface area (Å²) < 4.78 is 2.14. The van der Waals surface area contributed by atoms with Crippen LogP contribution in [0, 0.1) is 0 Å². The van der Waals surface area contributed by atoms with Gasteiger partial charge in [-0.1, -0.05) is 6.92 Å². The van der Waals surface area contributed by atoms with E-state index in [0.29, 0.717) is 0 Å². The van der Waals surface area contributed by atoms with Crippen molar-refractivity contribution in [1.29, 1.82) is 0 Å². The molecule has 4 heteroatoms. The van der Waals surface area contributed by atoms with E-state index >= 15 is 0 Å². The summed E-state index contributed by atoms with van der Waals surface area (Å²) in [6, 6.07) is 0. The molecule has 1 aliphatic heterocycles. The first-order valence-electron chi connectivity index (χ1n) is 5.45. The molecule has 4 nitrogen and oxygen atoms in total. The van der Waals surface area contributed by atoms with Gasteiger partial charge in [0.15, 0.2) is 5.82 Å². The van der Waals surface area contributed by atoms with Crippen molar-refractivity contribution in [2.24, 2.45) is 0 Å². The predicted octanol–water partition coefficient (Wildman–Crippen LogP) is 1.29. The van der Waals surface area contributed by atoms with Crippen molar-refractivity contribution in [3.63, 3.8) is 0 Å². The number of aromatic nitrogens is 3. The molecular weight excluding hydrogens is 176 g/mol. The fourth-order valence-corrected chi connectivity index (χ4v) is 2.31. The zero-order valence-corrected chi connectivity index (χ0v) is 8.95. The molecule has 0 aromatic carbocycles. The van der Waals surface area contributed by atoms with Gasteiger partial charge in [0.05, 0.1) is 5.54 Å². The van der Waals surface area contributed by atoms with E-state index in [-0.39, 0.29) is 5.54 Å². The molecule has 1 saturated heterocycles. The number of aryl methyl sites for hydroxylation is 1. The summed E-state index contributed by atoms with van der Waals surface area (Å²) in [5, 5.41) is 11.8. The molecule has 1 unspecified atom stereocenters. The zero-order chi connectivity index (χ0) is 10.0. The van der Waals surface area contributed by atoms with Crippen LogP contribution in [0.25, 0.3) is 0 Å². The third-order valence-electron chi connectivity index (χ3n) is 3.23. The summed E-state index contributed by atoms with van der Waals surface area (Å²) in [4.78, 5) is 0. The van der Waals surface area contributed by atoms with Crippen molar-refractivity contribution < 1.29 is 0 Å². The standard InChI is InChI=1S/C10H18N4/c1-3-10(6-5-7-11-10)9-13-12-8-14(9)4-2/h8,11H,3-7H2,1-2H3. The van der Waals surface area contributed by atoms with Gasteiger partial charge in [0, 0.05) is 6.54 Å². The molecule has 0 saturated carbocycles. The Labute approximate surface area is 84.7 Å². The minimum atomic E-state index is 0.0898. The Morgan fingerprint density at radius 2 is 2.43 bits per heavy atom. The monoisotopic (exact) mass is 194 g/mol. The molecule has 0 aliphatic carbocycles. The fraction of sp³-hybridized carbons (Fsp3) is 0.800. The first kappa shape index (κ1) is 9.65. The van der Waals surface area contributed by atoms with Crippen LogP contribution < -0.4 is 5.32 Å². The van der Waals surface area contributed by atoms with Crippen LogP contribution in [0.3, 0.4) is 0 Å². The normalized spacial score (nSPS) is 27.0. The van der Waals surface area contributed by atoms with Gasteiger partial charge in [-0.25, -0.2) is 0 Å². The van der Waals surface area contributed by atoms with E-state index in [0.717, 1.165) is 25.3 Å². The van der Waals surface area contributed by atoms with E-state index in [9.17, 15) is 0 Å². The molecule has 1 aromatic rings. The maximum Gasteiger partial charge on any atom is 0.153 e. The second-order valence-electron chi connectivity index (χ2n) is 3.91. The summed E-state index contributed by atoms with van der Waals surface area (Å²) in [5.74, 6) is 1.11. The number of nitrogens with zero attached hydrogens (tertiary/aromatic N) is 3. The highest BCUT2D eigenvalue weighted by atomic mass is 15.3. The quantitative estimate of drug-likeness (QED) is 0.788. The molecule has 0 radical (unpaired) electrons. The van der Waals surface area contributed by atoms with E-state index in [4.69, 9.17) is 0 Å². The molecule has 1 atom stereocenters. The van der Waals surface area contributed by atoms with E-state index in [1.54, 1.807) is 0 Å². The van der Waals surface area contributed by atoms with Gasteiger partial charge in [0.2, 0.25) is 0 Å². The number of nitrogens with one attached hydrogen (secondary N) is 1. The Kier molecular flexibility index (Phi) is 2.54. The fourth-order valence-electron chi connectivity index (χ4n) is 2.31. The SMILES string of the molecule is CCn1cnnc1C1(CC)CCCN1. The minimum absolute atomic E-state index is 0.0898. The Balaban J connectivity index is 2.35. The lowest BCUT2D eigenvalue weighted by Gasteiger charge is -2.27. The zero-order valence-electron chi connectivity index (χ0n) is 8.95. The van der Waals surface area contributed by atoms with Crippen LogP contribution in [-0.4, -0.2) is 21.3 Å². The van der Waals surface area contributed by atoms with Gasteiger partial charge >= 0.3 is 0 Å². The van der Waals surface area contributed by atoms with Gasteiger partial charge in [0.25, 0.3) is 0 Å². The lowest BCUT2D eigenvalue weighted by Crippen LogP contribution is -2.38. The highest BCUT2D eigenvalue weighted by Gasteiger charge is 2.37. The molecule has 1 aliphatic rings. The van der Waals surface area contributed by atoms with Crippen molar-refractivity contribution in [2.45, 2.75) is 45.2 Å². The Morgan fingerprint density at radius 3 is 3.00 bits per heavy atom. The summed E-state index contributed by atoms with van der Waals surface area (Å²) in [6.07, 6.45) is 5.34. The van der Waals surface area contributed by atoms with Crippen LogP contribution in [0.4, 0.5) is 0 Å². The molecular formula is C10H18N4. The molecule has 0 bridgehead atoms. The smallest absolute Gasteiger partial charge is 0.153 e. The van der Waals surface area contributed by atoms with Gasteiger partial charge in [-0.2, -0.15) is 0 Å². The maximum absolute atomic E-state index is 4.26. The summed E-state index contributed by atoms with van der Waals surface area (Å²) >= 11 is 0. The Bertz CT molecular complexity index is 299. The average molecular weight is 194 g/mol. The van der Waals surface area contributed by atoms with Crippen molar-refractivity contribution in [3.05, 3.63) is 12.2 Å². The van der Waals surface area contributed by atoms with Crippen molar-refractivity contribution in [1.82, 2.24) is 20.1 Å². The molecule has 14 heavy (non-hydrogen) atoms. The summed E-state index contributed by atoms with van der Waals surface area (Å²) in [7, 11) is 0. The van der Waals surface area contributed by atoms with Crippen LogP contribution in [0.5, 0.6) is 0 Å². The van der Waals surface area contributed by atoms with E-state index in [1.807, 2.05) is 6.33 Å². The van der Waals surface area contributed by atoms with Crippen LogP contribution in [-0.2, 0) is 12.1 Å². The minimum Gasteiger partial charge on any atom is -0.316 e. The Morgan fingerprint density at radius 1 is 1.57 bits per heavy atom. The third kappa shape index (κ3) is 1.34. The molecule has 1 aromatic heterocycles. The molecule has 0 amide bonds. The molecule has 1 fully saturated rings. The third-order valence-corrected chi connectivity index (χ3v) is 3.23. The van der Waals surface area contributed by atoms with Gasteiger partial charge < -0.3 is 9.88 Å². The van der Waals surface area contributed by atoms with E-state index < -0.39 is 0 Å². The number of rotatable bonds is 3. The molecule has 1 N–H and O–H groups in total. The van der Waals surface area contributed by atoms with Crippen molar-refractivity contribution >= 4 is 0 Å². The maximum atomic E-state index is 4.26. The topological polar surface area (TPSA) is 42.7 Å². The van der Waals surface area contributed by atoms with Crippen LogP contribution in [0.15, 0.2) is 6.33 Å². The summed E-state index contributed by atoms with van der Waals surface area (Å²) in [6.45, 7) is 6.40. The molecule has 2 heterocycles. The number of hydrogen-bond donors (Lipinski definition) is 1. The van der Waals surface area contributed by atoms with Crippen molar-refractivity contribution in [2.75, 3.05) is 6.54 Å². The van der Waals surface area contributed by atoms with Gasteiger partial charge in [0.1, 0.15) is 6.33 Å². The van der Waals surface area contributed by atoms with E-state index in [2.05, 4.69) is 33.9 Å². The number of hydrogen-bond acceptors (Lipinski definition) is 3. The average Bonchev–Trinajstić information content (AvgIpc) is 2.86.